The first-order chi connectivity index (χ1) is 11.4. The normalized spacial score (nSPS) is 21.8. The number of hydrogen-bond donors (Lipinski definition) is 3. The SMILES string of the molecule is O=C1CC(Cc2ccc(C(=O)NC3(C(=O)O)CCC3)cc2)C(=O)N1. The summed E-state index contributed by atoms with van der Waals surface area (Å²) in [6.07, 6.45) is 2.28. The Balaban J connectivity index is 1.64. The number of hydrogen-bond acceptors (Lipinski definition) is 4. The lowest BCUT2D eigenvalue weighted by atomic mass is 9.76. The Kier molecular flexibility index (Phi) is 4.09. The van der Waals surface area contributed by atoms with Crippen LogP contribution in [0.2, 0.25) is 0 Å². The first-order valence-corrected chi connectivity index (χ1v) is 7.88. The summed E-state index contributed by atoms with van der Waals surface area (Å²) < 4.78 is 0. The minimum Gasteiger partial charge on any atom is -0.480 e. The molecule has 1 aromatic carbocycles. The zero-order valence-electron chi connectivity index (χ0n) is 13.0. The van der Waals surface area contributed by atoms with Gasteiger partial charge in [-0.05, 0) is 43.4 Å². The number of carboxylic acid groups (broad SMARTS) is 1. The van der Waals surface area contributed by atoms with Crippen LogP contribution in [0.4, 0.5) is 0 Å². The van der Waals surface area contributed by atoms with Crippen molar-refractivity contribution in [2.75, 3.05) is 0 Å². The van der Waals surface area contributed by atoms with E-state index in [1.54, 1.807) is 24.3 Å². The lowest BCUT2D eigenvalue weighted by molar-refractivity contribution is -0.148. The van der Waals surface area contributed by atoms with Crippen LogP contribution in [0, 0.1) is 5.92 Å². The summed E-state index contributed by atoms with van der Waals surface area (Å²) in [5.74, 6) is -2.33. The number of amides is 3. The predicted octanol–water partition coefficient (Wildman–Crippen LogP) is 0.629. The molecule has 1 aliphatic heterocycles. The van der Waals surface area contributed by atoms with Crippen LogP contribution in [0.3, 0.4) is 0 Å². The molecule has 1 heterocycles. The Labute approximate surface area is 138 Å². The highest BCUT2D eigenvalue weighted by Crippen LogP contribution is 2.32. The van der Waals surface area contributed by atoms with E-state index in [2.05, 4.69) is 10.6 Å². The highest BCUT2D eigenvalue weighted by molar-refractivity contribution is 6.03. The summed E-state index contributed by atoms with van der Waals surface area (Å²) in [6.45, 7) is 0. The number of nitrogens with one attached hydrogen (secondary N) is 2. The standard InChI is InChI=1S/C17H18N2O5/c20-13-9-12(14(21)18-13)8-10-2-4-11(5-3-10)15(22)19-17(16(23)24)6-1-7-17/h2-5,12H,1,6-9H2,(H,19,22)(H,23,24)(H,18,20,21). The Morgan fingerprint density at radius 1 is 1.21 bits per heavy atom. The van der Waals surface area contributed by atoms with Crippen molar-refractivity contribution in [3.63, 3.8) is 0 Å². The van der Waals surface area contributed by atoms with Crippen LogP contribution in [-0.4, -0.2) is 34.3 Å². The van der Waals surface area contributed by atoms with Crippen LogP contribution in [0.1, 0.15) is 41.6 Å². The molecule has 1 aromatic rings. The van der Waals surface area contributed by atoms with Gasteiger partial charge < -0.3 is 10.4 Å². The first-order valence-electron chi connectivity index (χ1n) is 7.88. The van der Waals surface area contributed by atoms with E-state index in [4.69, 9.17) is 0 Å². The zero-order chi connectivity index (χ0) is 17.3. The molecule has 1 saturated carbocycles. The third kappa shape index (κ3) is 3.02. The summed E-state index contributed by atoms with van der Waals surface area (Å²) in [5.41, 5.74) is 0.0779. The molecule has 1 saturated heterocycles. The maximum absolute atomic E-state index is 12.2. The summed E-state index contributed by atoms with van der Waals surface area (Å²) in [6, 6.07) is 6.65. The van der Waals surface area contributed by atoms with Crippen LogP contribution >= 0.6 is 0 Å². The molecule has 0 radical (unpaired) electrons. The van der Waals surface area contributed by atoms with Crippen molar-refractivity contribution < 1.29 is 24.3 Å². The third-order valence-electron chi connectivity index (χ3n) is 4.73. The van der Waals surface area contributed by atoms with Gasteiger partial charge in [-0.15, -0.1) is 0 Å². The van der Waals surface area contributed by atoms with E-state index in [9.17, 15) is 24.3 Å². The number of benzene rings is 1. The fourth-order valence-corrected chi connectivity index (χ4v) is 3.06. The number of imide groups is 1. The average Bonchev–Trinajstić information content (AvgIpc) is 2.81. The van der Waals surface area contributed by atoms with Crippen molar-refractivity contribution >= 4 is 23.7 Å². The second-order valence-corrected chi connectivity index (χ2v) is 6.41. The molecule has 1 atom stereocenters. The maximum Gasteiger partial charge on any atom is 0.329 e. The van der Waals surface area contributed by atoms with Gasteiger partial charge in [0.25, 0.3) is 5.91 Å². The molecule has 1 unspecified atom stereocenters. The van der Waals surface area contributed by atoms with Gasteiger partial charge in [-0.25, -0.2) is 4.79 Å². The summed E-state index contributed by atoms with van der Waals surface area (Å²) in [4.78, 5) is 46.3. The maximum atomic E-state index is 12.2. The molecular formula is C17H18N2O5. The minimum absolute atomic E-state index is 0.183. The first kappa shape index (κ1) is 16.2. The van der Waals surface area contributed by atoms with Crippen LogP contribution in [0.5, 0.6) is 0 Å². The third-order valence-corrected chi connectivity index (χ3v) is 4.73. The molecule has 2 fully saturated rings. The highest BCUT2D eigenvalue weighted by atomic mass is 16.4. The van der Waals surface area contributed by atoms with E-state index in [1.807, 2.05) is 0 Å². The summed E-state index contributed by atoms with van der Waals surface area (Å²) >= 11 is 0. The van der Waals surface area contributed by atoms with Gasteiger partial charge >= 0.3 is 5.97 Å². The average molecular weight is 330 g/mol. The molecule has 0 spiro atoms. The Bertz CT molecular complexity index is 706. The highest BCUT2D eigenvalue weighted by Gasteiger charge is 2.45. The summed E-state index contributed by atoms with van der Waals surface area (Å²) in [7, 11) is 0. The van der Waals surface area contributed by atoms with Crippen LogP contribution in [-0.2, 0) is 20.8 Å². The van der Waals surface area contributed by atoms with Crippen molar-refractivity contribution in [2.45, 2.75) is 37.6 Å². The number of carbonyl (C=O) groups is 4. The monoisotopic (exact) mass is 330 g/mol. The fourth-order valence-electron chi connectivity index (χ4n) is 3.06. The molecule has 3 amide bonds. The van der Waals surface area contributed by atoms with E-state index in [-0.39, 0.29) is 24.2 Å². The van der Waals surface area contributed by atoms with Crippen molar-refractivity contribution in [1.82, 2.24) is 10.6 Å². The second kappa shape index (κ2) is 6.07. The van der Waals surface area contributed by atoms with Gasteiger partial charge in [0.1, 0.15) is 5.54 Å². The van der Waals surface area contributed by atoms with Crippen molar-refractivity contribution in [3.8, 4) is 0 Å². The lowest BCUT2D eigenvalue weighted by Gasteiger charge is -2.38. The van der Waals surface area contributed by atoms with Crippen molar-refractivity contribution in [1.29, 1.82) is 0 Å². The molecule has 3 N–H and O–H groups in total. The number of aliphatic carboxylic acids is 1. The number of carboxylic acids is 1. The minimum atomic E-state index is -1.14. The molecule has 24 heavy (non-hydrogen) atoms. The molecule has 3 rings (SSSR count). The van der Waals surface area contributed by atoms with Crippen molar-refractivity contribution in [2.24, 2.45) is 5.92 Å². The van der Waals surface area contributed by atoms with Gasteiger partial charge in [0.2, 0.25) is 11.8 Å². The molecule has 2 aliphatic rings. The van der Waals surface area contributed by atoms with Crippen molar-refractivity contribution in [3.05, 3.63) is 35.4 Å². The van der Waals surface area contributed by atoms with Crippen LogP contribution < -0.4 is 10.6 Å². The lowest BCUT2D eigenvalue weighted by Crippen LogP contribution is -2.59. The quantitative estimate of drug-likeness (QED) is 0.685. The van der Waals surface area contributed by atoms with E-state index in [0.717, 1.165) is 12.0 Å². The van der Waals surface area contributed by atoms with Crippen LogP contribution in [0.15, 0.2) is 24.3 Å². The topological polar surface area (TPSA) is 113 Å². The van der Waals surface area contributed by atoms with Gasteiger partial charge in [0, 0.05) is 12.0 Å². The molecule has 7 heteroatoms. The molecule has 0 aromatic heterocycles. The molecular weight excluding hydrogens is 312 g/mol. The molecule has 0 bridgehead atoms. The van der Waals surface area contributed by atoms with E-state index >= 15 is 0 Å². The second-order valence-electron chi connectivity index (χ2n) is 6.41. The van der Waals surface area contributed by atoms with Gasteiger partial charge in [-0.2, -0.15) is 0 Å². The Morgan fingerprint density at radius 2 is 1.88 bits per heavy atom. The van der Waals surface area contributed by atoms with E-state index in [0.29, 0.717) is 24.8 Å². The Morgan fingerprint density at radius 3 is 2.33 bits per heavy atom. The summed E-state index contributed by atoms with van der Waals surface area (Å²) in [5, 5.41) is 14.1. The molecule has 7 nitrogen and oxygen atoms in total. The predicted molar refractivity (Wildman–Crippen MR) is 83.1 cm³/mol. The van der Waals surface area contributed by atoms with Gasteiger partial charge in [-0.1, -0.05) is 12.1 Å². The van der Waals surface area contributed by atoms with E-state index in [1.165, 1.54) is 0 Å². The fraction of sp³-hybridized carbons (Fsp3) is 0.412. The molecule has 1 aliphatic carbocycles. The number of rotatable bonds is 5. The van der Waals surface area contributed by atoms with Gasteiger partial charge in [0.15, 0.2) is 0 Å². The van der Waals surface area contributed by atoms with E-state index < -0.39 is 17.4 Å². The molecule has 126 valence electrons. The zero-order valence-corrected chi connectivity index (χ0v) is 13.0. The largest absolute Gasteiger partial charge is 0.480 e. The van der Waals surface area contributed by atoms with Gasteiger partial charge in [-0.3, -0.25) is 19.7 Å². The van der Waals surface area contributed by atoms with Crippen LogP contribution in [0.25, 0.3) is 0 Å². The van der Waals surface area contributed by atoms with Gasteiger partial charge in [0.05, 0.1) is 5.92 Å². The Hall–Kier alpha value is -2.70. The smallest absolute Gasteiger partial charge is 0.329 e. The number of carbonyl (C=O) groups excluding carboxylic acids is 3.